The molecule has 5 aliphatic heterocycles. The SMILES string of the molecule is C1CC2OC3CCC2OC13. The molecule has 0 aliphatic carbocycles. The molecule has 5 heterocycles. The summed E-state index contributed by atoms with van der Waals surface area (Å²) in [5.74, 6) is 0. The van der Waals surface area contributed by atoms with Crippen molar-refractivity contribution in [2.24, 2.45) is 0 Å². The Morgan fingerprint density at radius 1 is 0.600 bits per heavy atom. The summed E-state index contributed by atoms with van der Waals surface area (Å²) >= 11 is 0. The fourth-order valence-corrected chi connectivity index (χ4v) is 2.47. The Morgan fingerprint density at radius 3 is 1.10 bits per heavy atom. The highest BCUT2D eigenvalue weighted by Crippen LogP contribution is 2.41. The summed E-state index contributed by atoms with van der Waals surface area (Å²) in [5.41, 5.74) is 0. The molecule has 5 rings (SSSR count). The first-order valence-electron chi connectivity index (χ1n) is 4.24. The molecule has 10 heavy (non-hydrogen) atoms. The molecule has 5 aliphatic rings. The standard InChI is InChI=1S/C8H12O2/c1-2-6-8-4-3-7(10-6)5(1)9-8/h5-8H,1-4H2. The van der Waals surface area contributed by atoms with Gasteiger partial charge in [-0.05, 0) is 25.7 Å². The highest BCUT2D eigenvalue weighted by atomic mass is 16.6. The van der Waals surface area contributed by atoms with Crippen molar-refractivity contribution in [1.82, 2.24) is 0 Å². The molecule has 0 aromatic heterocycles. The van der Waals surface area contributed by atoms with Crippen LogP contribution in [-0.2, 0) is 9.47 Å². The van der Waals surface area contributed by atoms with Crippen LogP contribution in [0.25, 0.3) is 0 Å². The minimum Gasteiger partial charge on any atom is -0.370 e. The van der Waals surface area contributed by atoms with Gasteiger partial charge in [0.15, 0.2) is 0 Å². The minimum absolute atomic E-state index is 0.462. The number of hydrogen-bond acceptors (Lipinski definition) is 2. The highest BCUT2D eigenvalue weighted by molar-refractivity contribution is 4.95. The summed E-state index contributed by atoms with van der Waals surface area (Å²) in [5, 5.41) is 0. The predicted molar refractivity (Wildman–Crippen MR) is 35.8 cm³/mol. The number of hydrogen-bond donors (Lipinski definition) is 0. The molecule has 4 unspecified atom stereocenters. The van der Waals surface area contributed by atoms with Gasteiger partial charge >= 0.3 is 0 Å². The smallest absolute Gasteiger partial charge is 0.0842 e. The van der Waals surface area contributed by atoms with Gasteiger partial charge in [0, 0.05) is 0 Å². The molecule has 5 fully saturated rings. The largest absolute Gasteiger partial charge is 0.370 e. The van der Waals surface area contributed by atoms with E-state index in [1.165, 1.54) is 25.7 Å². The lowest BCUT2D eigenvalue weighted by Crippen LogP contribution is -2.58. The van der Waals surface area contributed by atoms with Crippen LogP contribution in [0.4, 0.5) is 0 Å². The van der Waals surface area contributed by atoms with Crippen LogP contribution < -0.4 is 0 Å². The molecule has 2 nitrogen and oxygen atoms in total. The lowest BCUT2D eigenvalue weighted by atomic mass is 9.84. The molecule has 2 heteroatoms. The predicted octanol–water partition coefficient (Wildman–Crippen LogP) is 1.10. The van der Waals surface area contributed by atoms with Crippen molar-refractivity contribution in [3.05, 3.63) is 0 Å². The fourth-order valence-electron chi connectivity index (χ4n) is 2.47. The van der Waals surface area contributed by atoms with E-state index in [2.05, 4.69) is 0 Å². The number of rotatable bonds is 0. The maximum atomic E-state index is 5.76. The van der Waals surface area contributed by atoms with E-state index in [1.807, 2.05) is 0 Å². The minimum atomic E-state index is 0.462. The lowest BCUT2D eigenvalue weighted by Gasteiger charge is -2.51. The molecule has 0 aromatic carbocycles. The van der Waals surface area contributed by atoms with Gasteiger partial charge < -0.3 is 9.47 Å². The van der Waals surface area contributed by atoms with Gasteiger partial charge in [0.25, 0.3) is 0 Å². The van der Waals surface area contributed by atoms with E-state index >= 15 is 0 Å². The maximum Gasteiger partial charge on any atom is 0.0842 e. The summed E-state index contributed by atoms with van der Waals surface area (Å²) in [4.78, 5) is 0. The summed E-state index contributed by atoms with van der Waals surface area (Å²) in [6.07, 6.45) is 6.81. The van der Waals surface area contributed by atoms with Gasteiger partial charge in [-0.15, -0.1) is 0 Å². The second-order valence-corrected chi connectivity index (χ2v) is 3.58. The molecule has 0 saturated carbocycles. The molecule has 56 valence electrons. The zero-order valence-corrected chi connectivity index (χ0v) is 5.95. The lowest BCUT2D eigenvalue weighted by molar-refractivity contribution is -0.285. The van der Waals surface area contributed by atoms with E-state index in [9.17, 15) is 0 Å². The van der Waals surface area contributed by atoms with Crippen molar-refractivity contribution in [3.8, 4) is 0 Å². The Kier molecular flexibility index (Phi) is 0.968. The van der Waals surface area contributed by atoms with Gasteiger partial charge in [-0.3, -0.25) is 0 Å². The molecule has 0 N–H and O–H groups in total. The van der Waals surface area contributed by atoms with Crippen LogP contribution in [0.15, 0.2) is 0 Å². The number of fused-ring (bicyclic) bond motifs is 2. The van der Waals surface area contributed by atoms with Crippen LogP contribution in [-0.4, -0.2) is 24.4 Å². The second-order valence-electron chi connectivity index (χ2n) is 3.58. The number of ether oxygens (including phenoxy) is 2. The van der Waals surface area contributed by atoms with Gasteiger partial charge in [-0.2, -0.15) is 0 Å². The maximum absolute atomic E-state index is 5.76. The van der Waals surface area contributed by atoms with Gasteiger partial charge in [0.2, 0.25) is 0 Å². The summed E-state index contributed by atoms with van der Waals surface area (Å²) < 4.78 is 11.5. The topological polar surface area (TPSA) is 18.5 Å². The van der Waals surface area contributed by atoms with E-state index in [-0.39, 0.29) is 0 Å². The van der Waals surface area contributed by atoms with E-state index in [0.717, 1.165) is 0 Å². The van der Waals surface area contributed by atoms with Crippen LogP contribution >= 0.6 is 0 Å². The quantitative estimate of drug-likeness (QED) is 0.501. The average Bonchev–Trinajstić information content (AvgIpc) is 2.05. The Labute approximate surface area is 60.5 Å². The molecule has 0 spiro atoms. The molecule has 0 aromatic rings. The van der Waals surface area contributed by atoms with Crippen LogP contribution in [0.2, 0.25) is 0 Å². The first-order chi connectivity index (χ1) is 4.93. The van der Waals surface area contributed by atoms with Gasteiger partial charge in [0.05, 0.1) is 24.4 Å². The zero-order chi connectivity index (χ0) is 6.55. The third-order valence-corrected chi connectivity index (χ3v) is 3.00. The molecule has 4 atom stereocenters. The Bertz CT molecular complexity index is 123. The van der Waals surface area contributed by atoms with Crippen LogP contribution in [0.5, 0.6) is 0 Å². The van der Waals surface area contributed by atoms with Crippen molar-refractivity contribution in [2.75, 3.05) is 0 Å². The third-order valence-electron chi connectivity index (χ3n) is 3.00. The highest BCUT2D eigenvalue weighted by Gasteiger charge is 2.47. The van der Waals surface area contributed by atoms with Crippen molar-refractivity contribution in [3.63, 3.8) is 0 Å². The van der Waals surface area contributed by atoms with Crippen molar-refractivity contribution >= 4 is 0 Å². The first-order valence-corrected chi connectivity index (χ1v) is 4.24. The molecular formula is C8H12O2. The van der Waals surface area contributed by atoms with E-state index in [4.69, 9.17) is 9.47 Å². The molecule has 0 radical (unpaired) electrons. The molecular weight excluding hydrogens is 128 g/mol. The van der Waals surface area contributed by atoms with Gasteiger partial charge in [0.1, 0.15) is 0 Å². The van der Waals surface area contributed by atoms with Crippen molar-refractivity contribution in [2.45, 2.75) is 50.1 Å². The Morgan fingerprint density at radius 2 is 0.900 bits per heavy atom. The van der Waals surface area contributed by atoms with Crippen LogP contribution in [0.3, 0.4) is 0 Å². The fraction of sp³-hybridized carbons (Fsp3) is 1.00. The summed E-state index contributed by atoms with van der Waals surface area (Å²) in [6.45, 7) is 0. The first kappa shape index (κ1) is 5.56. The Hall–Kier alpha value is -0.0800. The van der Waals surface area contributed by atoms with E-state index in [0.29, 0.717) is 24.4 Å². The molecule has 0 amide bonds. The monoisotopic (exact) mass is 140 g/mol. The Balaban J connectivity index is 1.94. The normalized spacial score (nSPS) is 57.6. The third kappa shape index (κ3) is 0.565. The van der Waals surface area contributed by atoms with Crippen molar-refractivity contribution in [1.29, 1.82) is 0 Å². The van der Waals surface area contributed by atoms with E-state index in [1.54, 1.807) is 0 Å². The summed E-state index contributed by atoms with van der Waals surface area (Å²) in [7, 11) is 0. The molecule has 5 saturated heterocycles. The average molecular weight is 140 g/mol. The van der Waals surface area contributed by atoms with Crippen LogP contribution in [0, 0.1) is 0 Å². The van der Waals surface area contributed by atoms with Crippen molar-refractivity contribution < 1.29 is 9.47 Å². The summed E-state index contributed by atoms with van der Waals surface area (Å²) in [6, 6.07) is 0. The van der Waals surface area contributed by atoms with Gasteiger partial charge in [-0.1, -0.05) is 0 Å². The van der Waals surface area contributed by atoms with Gasteiger partial charge in [-0.25, -0.2) is 0 Å². The molecule has 4 bridgehead atoms. The second kappa shape index (κ2) is 1.74. The zero-order valence-electron chi connectivity index (χ0n) is 5.95. The van der Waals surface area contributed by atoms with Crippen LogP contribution in [0.1, 0.15) is 25.7 Å². The van der Waals surface area contributed by atoms with E-state index < -0.39 is 0 Å².